The second-order valence-corrected chi connectivity index (χ2v) is 8.72. The maximum Gasteiger partial charge on any atom is 0.336 e. The molecule has 186 valence electrons. The van der Waals surface area contributed by atoms with Crippen molar-refractivity contribution in [2.45, 2.75) is 33.6 Å². The molecule has 1 aromatic heterocycles. The summed E-state index contributed by atoms with van der Waals surface area (Å²) in [5.74, 6) is -1.77. The van der Waals surface area contributed by atoms with Gasteiger partial charge in [0.2, 0.25) is 0 Å². The number of hydrogen-bond acceptors (Lipinski definition) is 6. The highest BCUT2D eigenvalue weighted by atomic mass is 35.5. The molecule has 36 heavy (non-hydrogen) atoms. The summed E-state index contributed by atoms with van der Waals surface area (Å²) in [4.78, 5) is 26.5. The Hall–Kier alpha value is -3.84. The van der Waals surface area contributed by atoms with Crippen LogP contribution in [0.3, 0.4) is 0 Å². The fraction of sp³-hybridized carbons (Fsp3) is 0.250. The summed E-state index contributed by atoms with van der Waals surface area (Å²) in [6.45, 7) is 7.50. The quantitative estimate of drug-likeness (QED) is 0.424. The van der Waals surface area contributed by atoms with Gasteiger partial charge in [-0.2, -0.15) is 5.10 Å². The van der Waals surface area contributed by atoms with E-state index in [1.54, 1.807) is 44.5 Å². The monoisotopic (exact) mass is 505 g/mol. The molecule has 2 heterocycles. The highest BCUT2D eigenvalue weighted by Crippen LogP contribution is 2.41. The van der Waals surface area contributed by atoms with E-state index in [2.05, 4.69) is 5.32 Å². The molecule has 0 atom stereocenters. The van der Waals surface area contributed by atoms with Crippen LogP contribution >= 0.6 is 11.6 Å². The maximum absolute atomic E-state index is 13.2. The minimum absolute atomic E-state index is 0.202. The van der Waals surface area contributed by atoms with Crippen molar-refractivity contribution < 1.29 is 19.1 Å². The second kappa shape index (κ2) is 10.8. The smallest absolute Gasteiger partial charge is 0.336 e. The number of carbonyl (C=O) groups is 2. The lowest BCUT2D eigenvalue weighted by molar-refractivity contribution is -0.139. The summed E-state index contributed by atoms with van der Waals surface area (Å²) >= 11 is 6.11. The molecule has 7 nitrogen and oxygen atoms in total. The molecular formula is C28H28ClN3O4. The molecule has 1 aliphatic rings. The third kappa shape index (κ3) is 4.93. The van der Waals surface area contributed by atoms with Gasteiger partial charge in [0.05, 0.1) is 47.4 Å². The SMILES string of the molecule is CCOC(=O)C1=C(C)NC(C)=C(C(=O)OCC)C1c1cc(-c2ccc(Cl)cc2)nn1-c1ccccc1. The first-order valence-corrected chi connectivity index (χ1v) is 12.2. The van der Waals surface area contributed by atoms with E-state index in [-0.39, 0.29) is 13.2 Å². The van der Waals surface area contributed by atoms with Gasteiger partial charge >= 0.3 is 11.9 Å². The molecule has 1 N–H and O–H groups in total. The van der Waals surface area contributed by atoms with Crippen molar-refractivity contribution in [2.24, 2.45) is 0 Å². The Morgan fingerprint density at radius 1 is 0.917 bits per heavy atom. The van der Waals surface area contributed by atoms with Crippen LogP contribution in [0, 0.1) is 0 Å². The highest BCUT2D eigenvalue weighted by Gasteiger charge is 2.40. The van der Waals surface area contributed by atoms with Crippen LogP contribution in [0.2, 0.25) is 5.02 Å². The van der Waals surface area contributed by atoms with Gasteiger partial charge in [-0.25, -0.2) is 14.3 Å². The van der Waals surface area contributed by atoms with E-state index >= 15 is 0 Å². The van der Waals surface area contributed by atoms with Gasteiger partial charge in [-0.15, -0.1) is 0 Å². The number of halogens is 1. The zero-order valence-electron chi connectivity index (χ0n) is 20.7. The molecule has 0 saturated heterocycles. The Bertz CT molecular complexity index is 1300. The number of hydrogen-bond donors (Lipinski definition) is 1. The Morgan fingerprint density at radius 3 is 2.00 bits per heavy atom. The summed E-state index contributed by atoms with van der Waals surface area (Å²) in [6.07, 6.45) is 0. The van der Waals surface area contributed by atoms with Gasteiger partial charge in [-0.3, -0.25) is 0 Å². The van der Waals surface area contributed by atoms with Crippen molar-refractivity contribution in [2.75, 3.05) is 13.2 Å². The van der Waals surface area contributed by atoms with Gasteiger partial charge in [-0.1, -0.05) is 41.9 Å². The Morgan fingerprint density at radius 2 is 1.47 bits per heavy atom. The van der Waals surface area contributed by atoms with Crippen LogP contribution in [0.5, 0.6) is 0 Å². The molecule has 0 aliphatic carbocycles. The number of allylic oxidation sites excluding steroid dienone is 2. The Balaban J connectivity index is 2.00. The number of dihydropyridines is 1. The number of aromatic nitrogens is 2. The van der Waals surface area contributed by atoms with Crippen molar-refractivity contribution in [3.05, 3.63) is 93.9 Å². The van der Waals surface area contributed by atoms with Gasteiger partial charge in [0.15, 0.2) is 0 Å². The molecule has 0 spiro atoms. The number of para-hydroxylation sites is 1. The van der Waals surface area contributed by atoms with Crippen molar-refractivity contribution >= 4 is 23.5 Å². The normalized spacial score (nSPS) is 14.0. The molecule has 0 fully saturated rings. The van der Waals surface area contributed by atoms with Gasteiger partial charge in [-0.05, 0) is 58.0 Å². The topological polar surface area (TPSA) is 82.4 Å². The number of ether oxygens (including phenoxy) is 2. The molecule has 0 saturated carbocycles. The molecule has 4 rings (SSSR count). The van der Waals surface area contributed by atoms with Crippen LogP contribution in [0.4, 0.5) is 0 Å². The number of carbonyl (C=O) groups excluding carboxylic acids is 2. The third-order valence-electron chi connectivity index (χ3n) is 5.92. The van der Waals surface area contributed by atoms with E-state index in [1.165, 1.54) is 0 Å². The lowest BCUT2D eigenvalue weighted by Crippen LogP contribution is -2.33. The van der Waals surface area contributed by atoms with Gasteiger partial charge in [0.25, 0.3) is 0 Å². The first-order chi connectivity index (χ1) is 17.3. The maximum atomic E-state index is 13.2. The van der Waals surface area contributed by atoms with Crippen LogP contribution in [-0.4, -0.2) is 34.9 Å². The molecule has 0 unspecified atom stereocenters. The molecule has 0 radical (unpaired) electrons. The molecule has 0 bridgehead atoms. The van der Waals surface area contributed by atoms with E-state index < -0.39 is 17.9 Å². The summed E-state index contributed by atoms with van der Waals surface area (Å²) in [5, 5.41) is 8.68. The molecule has 2 aromatic carbocycles. The number of nitrogens with one attached hydrogen (secondary N) is 1. The van der Waals surface area contributed by atoms with Crippen LogP contribution in [-0.2, 0) is 19.1 Å². The van der Waals surface area contributed by atoms with E-state index in [0.29, 0.717) is 39.0 Å². The molecule has 8 heteroatoms. The van der Waals surface area contributed by atoms with Gasteiger partial charge in [0, 0.05) is 22.0 Å². The first kappa shape index (κ1) is 25.3. The summed E-state index contributed by atoms with van der Waals surface area (Å²) < 4.78 is 12.6. The summed E-state index contributed by atoms with van der Waals surface area (Å²) in [7, 11) is 0. The molecule has 3 aromatic rings. The zero-order chi connectivity index (χ0) is 25.8. The predicted octanol–water partition coefficient (Wildman–Crippen LogP) is 5.55. The largest absolute Gasteiger partial charge is 0.463 e. The predicted molar refractivity (Wildman–Crippen MR) is 139 cm³/mol. The standard InChI is InChI=1S/C28H28ClN3O4/c1-5-35-27(33)24-17(3)30-18(4)25(28(34)36-6-2)26(24)23-16-22(19-12-14-20(29)15-13-19)31-32(23)21-10-8-7-9-11-21/h7-16,26,30H,5-6H2,1-4H3. The Kier molecular flexibility index (Phi) is 7.60. The van der Waals surface area contributed by atoms with Gasteiger partial charge < -0.3 is 14.8 Å². The number of esters is 2. The van der Waals surface area contributed by atoms with Crippen LogP contribution in [0.25, 0.3) is 16.9 Å². The van der Waals surface area contributed by atoms with Crippen LogP contribution < -0.4 is 5.32 Å². The zero-order valence-corrected chi connectivity index (χ0v) is 21.4. The summed E-state index contributed by atoms with van der Waals surface area (Å²) in [5.41, 5.74) is 4.84. The van der Waals surface area contributed by atoms with Crippen molar-refractivity contribution in [3.63, 3.8) is 0 Å². The number of rotatable bonds is 7. The fourth-order valence-corrected chi connectivity index (χ4v) is 4.51. The average molecular weight is 506 g/mol. The van der Waals surface area contributed by atoms with E-state index in [9.17, 15) is 9.59 Å². The lowest BCUT2D eigenvalue weighted by atomic mass is 9.82. The van der Waals surface area contributed by atoms with Gasteiger partial charge in [0.1, 0.15) is 0 Å². The second-order valence-electron chi connectivity index (χ2n) is 8.28. The summed E-state index contributed by atoms with van der Waals surface area (Å²) in [6, 6.07) is 18.8. The number of nitrogens with zero attached hydrogens (tertiary/aromatic N) is 2. The highest BCUT2D eigenvalue weighted by molar-refractivity contribution is 6.30. The van der Waals surface area contributed by atoms with E-state index in [4.69, 9.17) is 26.2 Å². The Labute approximate surface area is 215 Å². The van der Waals surface area contributed by atoms with Crippen molar-refractivity contribution in [1.82, 2.24) is 15.1 Å². The number of benzene rings is 2. The molecule has 1 aliphatic heterocycles. The third-order valence-corrected chi connectivity index (χ3v) is 6.18. The van der Waals surface area contributed by atoms with Crippen LogP contribution in [0.15, 0.2) is 83.2 Å². The van der Waals surface area contributed by atoms with E-state index in [1.807, 2.05) is 48.5 Å². The minimum Gasteiger partial charge on any atom is -0.463 e. The molecule has 0 amide bonds. The molecular weight excluding hydrogens is 478 g/mol. The van der Waals surface area contributed by atoms with Crippen molar-refractivity contribution in [3.8, 4) is 16.9 Å². The first-order valence-electron chi connectivity index (χ1n) is 11.8. The van der Waals surface area contributed by atoms with Crippen LogP contribution in [0.1, 0.15) is 39.3 Å². The minimum atomic E-state index is -0.766. The van der Waals surface area contributed by atoms with E-state index in [0.717, 1.165) is 11.3 Å². The average Bonchev–Trinajstić information content (AvgIpc) is 3.30. The lowest BCUT2D eigenvalue weighted by Gasteiger charge is -2.30. The fourth-order valence-electron chi connectivity index (χ4n) is 4.39. The van der Waals surface area contributed by atoms with Crippen molar-refractivity contribution in [1.29, 1.82) is 0 Å².